The number of rotatable bonds is 5. The second-order valence-electron chi connectivity index (χ2n) is 3.78. The number of benzene rings is 1. The van der Waals surface area contributed by atoms with E-state index >= 15 is 0 Å². The Bertz CT molecular complexity index is 331. The highest BCUT2D eigenvalue weighted by Crippen LogP contribution is 2.36. The van der Waals surface area contributed by atoms with Gasteiger partial charge in [-0.2, -0.15) is 0 Å². The number of ether oxygens (including phenoxy) is 2. The van der Waals surface area contributed by atoms with Gasteiger partial charge in [-0.15, -0.1) is 0 Å². The van der Waals surface area contributed by atoms with E-state index in [2.05, 4.69) is 0 Å². The van der Waals surface area contributed by atoms with Crippen molar-refractivity contribution in [1.82, 2.24) is 0 Å². The van der Waals surface area contributed by atoms with Crippen LogP contribution in [0.15, 0.2) is 24.3 Å². The van der Waals surface area contributed by atoms with Crippen LogP contribution in [-0.2, 0) is 4.79 Å². The standard InChI is InChI=1S/C12H14O3/c1-14-11-2-4-12(5-3-11)15-8-10-6-9(10)7-13/h2-5,7,9-10H,6,8H2,1H3. The lowest BCUT2D eigenvalue weighted by atomic mass is 10.3. The first-order valence-corrected chi connectivity index (χ1v) is 5.05. The fraction of sp³-hybridized carbons (Fsp3) is 0.417. The van der Waals surface area contributed by atoms with Crippen LogP contribution in [-0.4, -0.2) is 20.0 Å². The van der Waals surface area contributed by atoms with E-state index in [4.69, 9.17) is 9.47 Å². The van der Waals surface area contributed by atoms with Gasteiger partial charge in [0.25, 0.3) is 0 Å². The predicted molar refractivity (Wildman–Crippen MR) is 56.2 cm³/mol. The summed E-state index contributed by atoms with van der Waals surface area (Å²) < 4.78 is 10.6. The Hall–Kier alpha value is -1.51. The molecule has 0 bridgehead atoms. The molecule has 0 heterocycles. The number of carbonyl (C=O) groups is 1. The van der Waals surface area contributed by atoms with Crippen molar-refractivity contribution in [3.8, 4) is 11.5 Å². The van der Waals surface area contributed by atoms with Crippen LogP contribution in [0.5, 0.6) is 11.5 Å². The highest BCUT2D eigenvalue weighted by Gasteiger charge is 2.37. The topological polar surface area (TPSA) is 35.5 Å². The van der Waals surface area contributed by atoms with Gasteiger partial charge in [-0.05, 0) is 30.7 Å². The summed E-state index contributed by atoms with van der Waals surface area (Å²) in [4.78, 5) is 10.4. The normalized spacial score (nSPS) is 23.3. The lowest BCUT2D eigenvalue weighted by molar-refractivity contribution is -0.109. The van der Waals surface area contributed by atoms with E-state index in [1.54, 1.807) is 7.11 Å². The average molecular weight is 206 g/mol. The summed E-state index contributed by atoms with van der Waals surface area (Å²) >= 11 is 0. The molecular weight excluding hydrogens is 192 g/mol. The number of carbonyl (C=O) groups excluding carboxylic acids is 1. The molecule has 3 heteroatoms. The van der Waals surface area contributed by atoms with E-state index in [1.807, 2.05) is 24.3 Å². The highest BCUT2D eigenvalue weighted by molar-refractivity contribution is 5.58. The number of hydrogen-bond acceptors (Lipinski definition) is 3. The molecule has 0 N–H and O–H groups in total. The van der Waals surface area contributed by atoms with E-state index < -0.39 is 0 Å². The summed E-state index contributed by atoms with van der Waals surface area (Å²) in [5.41, 5.74) is 0. The Balaban J connectivity index is 1.81. The largest absolute Gasteiger partial charge is 0.497 e. The average Bonchev–Trinajstić information content (AvgIpc) is 3.06. The predicted octanol–water partition coefficient (Wildman–Crippen LogP) is 1.91. The number of aldehydes is 1. The second kappa shape index (κ2) is 4.34. The molecule has 0 radical (unpaired) electrons. The Morgan fingerprint density at radius 1 is 1.33 bits per heavy atom. The molecule has 0 amide bonds. The molecule has 1 aliphatic rings. The van der Waals surface area contributed by atoms with Crippen molar-refractivity contribution in [1.29, 1.82) is 0 Å². The van der Waals surface area contributed by atoms with Gasteiger partial charge >= 0.3 is 0 Å². The van der Waals surface area contributed by atoms with Crippen LogP contribution in [0.2, 0.25) is 0 Å². The molecule has 2 atom stereocenters. The molecule has 2 unspecified atom stereocenters. The van der Waals surface area contributed by atoms with Crippen LogP contribution in [0.1, 0.15) is 6.42 Å². The SMILES string of the molecule is COc1ccc(OCC2CC2C=O)cc1. The molecule has 1 fully saturated rings. The van der Waals surface area contributed by atoms with Gasteiger partial charge in [-0.3, -0.25) is 0 Å². The fourth-order valence-corrected chi connectivity index (χ4v) is 1.50. The number of methoxy groups -OCH3 is 1. The molecule has 0 spiro atoms. The lowest BCUT2D eigenvalue weighted by Crippen LogP contribution is -2.01. The summed E-state index contributed by atoms with van der Waals surface area (Å²) in [6.07, 6.45) is 1.99. The minimum atomic E-state index is 0.225. The van der Waals surface area contributed by atoms with Gasteiger partial charge in [0.05, 0.1) is 13.7 Å². The first-order valence-electron chi connectivity index (χ1n) is 5.05. The summed E-state index contributed by atoms with van der Waals surface area (Å²) in [5, 5.41) is 0. The maximum absolute atomic E-state index is 10.4. The molecule has 0 aromatic heterocycles. The van der Waals surface area contributed by atoms with Gasteiger partial charge in [0.15, 0.2) is 0 Å². The quantitative estimate of drug-likeness (QED) is 0.690. The van der Waals surface area contributed by atoms with Gasteiger partial charge < -0.3 is 14.3 Å². The summed E-state index contributed by atoms with van der Waals surface area (Å²) in [6.45, 7) is 0.635. The van der Waals surface area contributed by atoms with Crippen LogP contribution in [0.4, 0.5) is 0 Å². The van der Waals surface area contributed by atoms with Crippen LogP contribution in [0.3, 0.4) is 0 Å². The second-order valence-corrected chi connectivity index (χ2v) is 3.78. The Labute approximate surface area is 89.0 Å². The lowest BCUT2D eigenvalue weighted by Gasteiger charge is -2.05. The molecule has 80 valence electrons. The van der Waals surface area contributed by atoms with Crippen LogP contribution in [0, 0.1) is 11.8 Å². The van der Waals surface area contributed by atoms with E-state index in [-0.39, 0.29) is 5.92 Å². The first kappa shape index (κ1) is 10.0. The van der Waals surface area contributed by atoms with Crippen LogP contribution in [0.25, 0.3) is 0 Å². The van der Waals surface area contributed by atoms with Crippen molar-refractivity contribution < 1.29 is 14.3 Å². The van der Waals surface area contributed by atoms with Gasteiger partial charge in [0, 0.05) is 11.8 Å². The summed E-state index contributed by atoms with van der Waals surface area (Å²) in [7, 11) is 1.63. The van der Waals surface area contributed by atoms with Gasteiger partial charge in [0.2, 0.25) is 0 Å². The molecule has 1 aliphatic carbocycles. The van der Waals surface area contributed by atoms with Crippen molar-refractivity contribution in [3.63, 3.8) is 0 Å². The van der Waals surface area contributed by atoms with Crippen molar-refractivity contribution in [2.45, 2.75) is 6.42 Å². The maximum atomic E-state index is 10.4. The minimum Gasteiger partial charge on any atom is -0.497 e. The van der Waals surface area contributed by atoms with Gasteiger partial charge in [-0.25, -0.2) is 0 Å². The van der Waals surface area contributed by atoms with E-state index in [1.165, 1.54) is 0 Å². The van der Waals surface area contributed by atoms with Gasteiger partial charge in [0.1, 0.15) is 17.8 Å². The van der Waals surface area contributed by atoms with Crippen molar-refractivity contribution in [2.24, 2.45) is 11.8 Å². The van der Waals surface area contributed by atoms with Crippen LogP contribution >= 0.6 is 0 Å². The monoisotopic (exact) mass is 206 g/mol. The molecule has 2 rings (SSSR count). The molecule has 0 saturated heterocycles. The highest BCUT2D eigenvalue weighted by atomic mass is 16.5. The molecule has 1 aromatic carbocycles. The third-order valence-electron chi connectivity index (χ3n) is 2.68. The maximum Gasteiger partial charge on any atom is 0.123 e. The van der Waals surface area contributed by atoms with E-state index in [0.717, 1.165) is 24.2 Å². The zero-order chi connectivity index (χ0) is 10.7. The molecule has 15 heavy (non-hydrogen) atoms. The Morgan fingerprint density at radius 3 is 2.53 bits per heavy atom. The molecular formula is C12H14O3. The summed E-state index contributed by atoms with van der Waals surface area (Å²) in [5.74, 6) is 2.29. The van der Waals surface area contributed by atoms with E-state index in [0.29, 0.717) is 12.5 Å². The molecule has 1 saturated carbocycles. The molecule has 1 aromatic rings. The zero-order valence-corrected chi connectivity index (χ0v) is 8.68. The fourth-order valence-electron chi connectivity index (χ4n) is 1.50. The smallest absolute Gasteiger partial charge is 0.123 e. The third-order valence-corrected chi connectivity index (χ3v) is 2.68. The van der Waals surface area contributed by atoms with Crippen molar-refractivity contribution in [2.75, 3.05) is 13.7 Å². The van der Waals surface area contributed by atoms with Crippen molar-refractivity contribution >= 4 is 6.29 Å². The van der Waals surface area contributed by atoms with Crippen molar-refractivity contribution in [3.05, 3.63) is 24.3 Å². The van der Waals surface area contributed by atoms with Gasteiger partial charge in [-0.1, -0.05) is 0 Å². The van der Waals surface area contributed by atoms with Crippen LogP contribution < -0.4 is 9.47 Å². The molecule has 3 nitrogen and oxygen atoms in total. The number of hydrogen-bond donors (Lipinski definition) is 0. The van der Waals surface area contributed by atoms with E-state index in [9.17, 15) is 4.79 Å². The minimum absolute atomic E-state index is 0.225. The Kier molecular flexibility index (Phi) is 2.90. The summed E-state index contributed by atoms with van der Waals surface area (Å²) in [6, 6.07) is 7.47. The zero-order valence-electron chi connectivity index (χ0n) is 8.68. The molecule has 0 aliphatic heterocycles. The third kappa shape index (κ3) is 2.49. The Morgan fingerprint density at radius 2 is 2.00 bits per heavy atom. The first-order chi connectivity index (χ1) is 7.33.